The lowest BCUT2D eigenvalue weighted by Gasteiger charge is -2.31. The molecule has 5 N–H and O–H groups in total. The van der Waals surface area contributed by atoms with Crippen molar-refractivity contribution in [1.29, 1.82) is 0 Å². The molecule has 1 amide bonds. The van der Waals surface area contributed by atoms with Gasteiger partial charge in [0.1, 0.15) is 5.82 Å². The first-order valence-electron chi connectivity index (χ1n) is 18.1. The Bertz CT molecular complexity index is 1830. The van der Waals surface area contributed by atoms with E-state index in [1.54, 1.807) is 6.07 Å². The molecule has 1 atom stereocenters. The number of carbonyl (C=O) groups excluding carboxylic acids is 1. The van der Waals surface area contributed by atoms with E-state index in [1.807, 2.05) is 36.4 Å². The monoisotopic (exact) mass is 870 g/mol. The number of hydrogen-bond donors (Lipinski definition) is 5. The Hall–Kier alpha value is -5.28. The fourth-order valence-electron chi connectivity index (χ4n) is 5.73. The molecule has 0 radical (unpaired) electrons. The summed E-state index contributed by atoms with van der Waals surface area (Å²) in [5.41, 5.74) is 5.31. The van der Waals surface area contributed by atoms with Gasteiger partial charge < -0.3 is 26.0 Å². The normalized spacial score (nSPS) is 16.4. The second-order valence-electron chi connectivity index (χ2n) is 13.9. The minimum absolute atomic E-state index is 0.109. The molecule has 2 fully saturated rings. The fourth-order valence-corrected chi connectivity index (χ4v) is 5.73. The number of benzene rings is 3. The molecule has 5 rings (SSSR count). The van der Waals surface area contributed by atoms with Crippen LogP contribution in [0, 0.1) is 11.7 Å². The maximum atomic E-state index is 14.9. The first-order valence-corrected chi connectivity index (χ1v) is 18.1. The zero-order chi connectivity index (χ0) is 45.4. The number of rotatable bonds is 8. The zero-order valence-electron chi connectivity index (χ0n) is 32.2. The molecule has 11 nitrogen and oxygen atoms in total. The highest BCUT2D eigenvalue weighted by Crippen LogP contribution is 2.26. The lowest BCUT2D eigenvalue weighted by Crippen LogP contribution is -2.48. The van der Waals surface area contributed by atoms with Gasteiger partial charge in [-0.1, -0.05) is 43.3 Å². The van der Waals surface area contributed by atoms with E-state index in [1.165, 1.54) is 24.5 Å². The van der Waals surface area contributed by atoms with Crippen LogP contribution in [0.1, 0.15) is 53.7 Å². The number of carboxylic acids is 3. The smallest absolute Gasteiger partial charge is 0.475 e. The van der Waals surface area contributed by atoms with E-state index in [0.717, 1.165) is 68.4 Å². The SMILES string of the molecule is CC1CCN(Cc2cccc(C(=O)NCc3ccc(F)c(-c4cccc(CN5CCN[C@@H](C)C5)c4)c3)c2)CC1.O=C(O)C(F)(F)F.O=C(O)C(F)(F)F.O=C(O)C(F)(F)F. The van der Waals surface area contributed by atoms with E-state index < -0.39 is 36.4 Å². The summed E-state index contributed by atoms with van der Waals surface area (Å²) < 4.78 is 110. The van der Waals surface area contributed by atoms with Gasteiger partial charge in [0.05, 0.1) is 0 Å². The molecule has 3 aromatic carbocycles. The van der Waals surface area contributed by atoms with Crippen LogP contribution >= 0.6 is 0 Å². The number of nitrogens with one attached hydrogen (secondary N) is 2. The number of likely N-dealkylation sites (tertiary alicyclic amines) is 1. The minimum Gasteiger partial charge on any atom is -0.475 e. The average molecular weight is 871 g/mol. The lowest BCUT2D eigenvalue weighted by atomic mass is 9.98. The molecule has 0 unspecified atom stereocenters. The fraction of sp³-hybridized carbons (Fsp3) is 0.436. The summed E-state index contributed by atoms with van der Waals surface area (Å²) >= 11 is 0. The van der Waals surface area contributed by atoms with Gasteiger partial charge in [-0.2, -0.15) is 39.5 Å². The number of halogens is 10. The third-order valence-electron chi connectivity index (χ3n) is 8.78. The molecular weight excluding hydrogens is 826 g/mol. The van der Waals surface area contributed by atoms with Crippen molar-refractivity contribution < 1.29 is 78.4 Å². The molecule has 0 saturated carbocycles. The molecular formula is C39H44F10N4O7. The number of piperidine rings is 1. The van der Waals surface area contributed by atoms with Crippen molar-refractivity contribution in [3.8, 4) is 11.1 Å². The number of amides is 1. The Labute approximate surface area is 338 Å². The zero-order valence-corrected chi connectivity index (χ0v) is 32.2. The number of hydrogen-bond acceptors (Lipinski definition) is 7. The van der Waals surface area contributed by atoms with Crippen molar-refractivity contribution in [3.63, 3.8) is 0 Å². The summed E-state index contributed by atoms with van der Waals surface area (Å²) in [6, 6.07) is 21.6. The molecule has 21 heteroatoms. The summed E-state index contributed by atoms with van der Waals surface area (Å²) in [7, 11) is 0. The minimum atomic E-state index is -5.08. The molecule has 0 spiro atoms. The van der Waals surface area contributed by atoms with E-state index in [9.17, 15) is 48.7 Å². The number of carbonyl (C=O) groups is 4. The summed E-state index contributed by atoms with van der Waals surface area (Å²) in [6.07, 6.45) is -12.8. The van der Waals surface area contributed by atoms with E-state index in [0.29, 0.717) is 23.7 Å². The number of aliphatic carboxylic acids is 3. The van der Waals surface area contributed by atoms with E-state index >= 15 is 0 Å². The van der Waals surface area contributed by atoms with Gasteiger partial charge in [-0.25, -0.2) is 18.8 Å². The number of piperazine rings is 1. The van der Waals surface area contributed by atoms with E-state index in [4.69, 9.17) is 29.7 Å². The number of carboxylic acid groups (broad SMARTS) is 3. The molecule has 0 aliphatic carbocycles. The Balaban J connectivity index is 0.000000485. The summed E-state index contributed by atoms with van der Waals surface area (Å²) in [6.45, 7) is 11.8. The first kappa shape index (κ1) is 50.9. The second kappa shape index (κ2) is 22.9. The van der Waals surface area contributed by atoms with Gasteiger partial charge in [0, 0.05) is 56.4 Å². The molecule has 2 saturated heterocycles. The standard InChI is InChI=1S/C33H41FN4O.3C2HF3O2/c1-24-11-14-37(15-12-24)22-28-6-4-8-30(18-28)33(39)36-20-26-9-10-32(34)31(19-26)29-7-3-5-27(17-29)23-38-16-13-35-25(2)21-38;3*3-2(4,5)1(6)7/h3-10,17-19,24-25,35H,11-16,20-23H2,1-2H3,(H,36,39);3*(H,6,7)/t25-;;;/m0.../s1. The predicted molar refractivity (Wildman–Crippen MR) is 197 cm³/mol. The van der Waals surface area contributed by atoms with Gasteiger partial charge in [0.25, 0.3) is 5.91 Å². The van der Waals surface area contributed by atoms with Crippen molar-refractivity contribution in [1.82, 2.24) is 20.4 Å². The van der Waals surface area contributed by atoms with E-state index in [2.05, 4.69) is 52.5 Å². The molecule has 2 heterocycles. The van der Waals surface area contributed by atoms with E-state index in [-0.39, 0.29) is 11.7 Å². The topological polar surface area (TPSA) is 160 Å². The summed E-state index contributed by atoms with van der Waals surface area (Å²) in [4.78, 5) is 44.6. The Morgan fingerprint density at radius 2 is 1.18 bits per heavy atom. The lowest BCUT2D eigenvalue weighted by molar-refractivity contribution is -0.193. The van der Waals surface area contributed by atoms with Crippen LogP contribution < -0.4 is 10.6 Å². The van der Waals surface area contributed by atoms with Crippen LogP contribution in [0.2, 0.25) is 0 Å². The van der Waals surface area contributed by atoms with Gasteiger partial charge in [-0.05, 0) is 91.4 Å². The van der Waals surface area contributed by atoms with Crippen LogP contribution in [0.25, 0.3) is 11.1 Å². The average Bonchev–Trinajstić information content (AvgIpc) is 3.15. The number of alkyl halides is 9. The highest BCUT2D eigenvalue weighted by molar-refractivity contribution is 5.94. The Morgan fingerprint density at radius 1 is 0.683 bits per heavy atom. The quantitative estimate of drug-likeness (QED) is 0.145. The van der Waals surface area contributed by atoms with Crippen LogP contribution in [0.5, 0.6) is 0 Å². The highest BCUT2D eigenvalue weighted by Gasteiger charge is 2.39. The predicted octanol–water partition coefficient (Wildman–Crippen LogP) is 7.35. The van der Waals surface area contributed by atoms with Crippen LogP contribution in [-0.2, 0) is 34.0 Å². The van der Waals surface area contributed by atoms with Crippen LogP contribution in [-0.4, -0.2) is 106 Å². The summed E-state index contributed by atoms with van der Waals surface area (Å²) in [5.74, 6) is -7.83. The van der Waals surface area contributed by atoms with Crippen molar-refractivity contribution in [2.75, 3.05) is 32.7 Å². The van der Waals surface area contributed by atoms with Gasteiger partial charge in [-0.15, -0.1) is 0 Å². The third-order valence-corrected chi connectivity index (χ3v) is 8.78. The molecule has 0 aromatic heterocycles. The third kappa shape index (κ3) is 18.8. The largest absolute Gasteiger partial charge is 0.490 e. The van der Waals surface area contributed by atoms with Gasteiger partial charge >= 0.3 is 36.4 Å². The van der Waals surface area contributed by atoms with Crippen molar-refractivity contribution in [2.24, 2.45) is 5.92 Å². The van der Waals surface area contributed by atoms with Gasteiger partial charge in [0.2, 0.25) is 0 Å². The molecule has 2 aliphatic rings. The molecule has 332 valence electrons. The first-order chi connectivity index (χ1) is 27.8. The van der Waals surface area contributed by atoms with Gasteiger partial charge in [0.15, 0.2) is 0 Å². The van der Waals surface area contributed by atoms with Crippen molar-refractivity contribution in [3.05, 3.63) is 94.8 Å². The Kier molecular flexibility index (Phi) is 19.4. The maximum absolute atomic E-state index is 14.9. The van der Waals surface area contributed by atoms with Gasteiger partial charge in [-0.3, -0.25) is 14.6 Å². The van der Waals surface area contributed by atoms with Crippen LogP contribution in [0.15, 0.2) is 66.7 Å². The highest BCUT2D eigenvalue weighted by atomic mass is 19.4. The van der Waals surface area contributed by atoms with Crippen LogP contribution in [0.3, 0.4) is 0 Å². The van der Waals surface area contributed by atoms with Crippen LogP contribution in [0.4, 0.5) is 43.9 Å². The van der Waals surface area contributed by atoms with Crippen molar-refractivity contribution in [2.45, 2.75) is 70.9 Å². The van der Waals surface area contributed by atoms with Crippen molar-refractivity contribution >= 4 is 23.8 Å². The molecule has 3 aromatic rings. The molecule has 60 heavy (non-hydrogen) atoms. The maximum Gasteiger partial charge on any atom is 0.490 e. The summed E-state index contributed by atoms with van der Waals surface area (Å²) in [5, 5.41) is 27.9. The molecule has 0 bridgehead atoms. The molecule has 2 aliphatic heterocycles. The Morgan fingerprint density at radius 3 is 1.70 bits per heavy atom. The number of nitrogens with zero attached hydrogens (tertiary/aromatic N) is 2. The second-order valence-corrected chi connectivity index (χ2v) is 13.9.